The van der Waals surface area contributed by atoms with Crippen molar-refractivity contribution < 1.29 is 0 Å². The topological polar surface area (TPSA) is 0 Å². The van der Waals surface area contributed by atoms with Crippen LogP contribution in [-0.2, 0) is 0 Å². The maximum atomic E-state index is 2.33. The van der Waals surface area contributed by atoms with Crippen LogP contribution in [0.15, 0.2) is 12.2 Å². The number of unbranched alkanes of at least 4 members (excludes halogenated alkanes) is 4. The Labute approximate surface area is 92.3 Å². The van der Waals surface area contributed by atoms with Gasteiger partial charge in [0.15, 0.2) is 0 Å². The van der Waals surface area contributed by atoms with E-state index in [4.69, 9.17) is 0 Å². The predicted octanol–water partition coefficient (Wildman–Crippen LogP) is 4.99. The summed E-state index contributed by atoms with van der Waals surface area (Å²) in [6, 6.07) is 0. The molecule has 0 aromatic carbocycles. The molecule has 1 heteroatoms. The van der Waals surface area contributed by atoms with Gasteiger partial charge in [-0.05, 0) is 38.0 Å². The van der Waals surface area contributed by atoms with Crippen molar-refractivity contribution in [2.75, 3.05) is 12.3 Å². The van der Waals surface area contributed by atoms with Crippen LogP contribution in [0.4, 0.5) is 0 Å². The molecule has 0 saturated carbocycles. The van der Waals surface area contributed by atoms with Crippen LogP contribution >= 0.6 is 8.58 Å². The molecule has 0 heterocycles. The Balaban J connectivity index is 2.88. The highest BCUT2D eigenvalue weighted by molar-refractivity contribution is 7.37. The minimum atomic E-state index is 1.19. The third-order valence-corrected chi connectivity index (χ3v) is 3.75. The second kappa shape index (κ2) is 13.2. The third-order valence-electron chi connectivity index (χ3n) is 2.33. The van der Waals surface area contributed by atoms with Gasteiger partial charge in [0.1, 0.15) is 0 Å². The molecule has 0 aliphatic rings. The van der Waals surface area contributed by atoms with E-state index in [1.165, 1.54) is 65.9 Å². The first-order valence-electron chi connectivity index (χ1n) is 6.27. The van der Waals surface area contributed by atoms with Gasteiger partial charge in [0.25, 0.3) is 0 Å². The van der Waals surface area contributed by atoms with Crippen LogP contribution in [0.1, 0.15) is 58.8 Å². The van der Waals surface area contributed by atoms with Crippen LogP contribution in [0.3, 0.4) is 0 Å². The average molecular weight is 214 g/mol. The van der Waals surface area contributed by atoms with Crippen LogP contribution in [0.5, 0.6) is 0 Å². The molecule has 0 radical (unpaired) electrons. The standard InChI is InChI=1S/C13H27P/c1-3-5-7-9-11-13-14-12-10-8-6-4-2/h5,7,14H,3-4,6,8-13H2,1-2H3. The van der Waals surface area contributed by atoms with Crippen LogP contribution < -0.4 is 0 Å². The number of rotatable bonds is 10. The SMILES string of the molecule is CCC=CCCCPCCCCCC. The van der Waals surface area contributed by atoms with Crippen molar-refractivity contribution in [3.8, 4) is 0 Å². The van der Waals surface area contributed by atoms with Crippen molar-refractivity contribution in [3.05, 3.63) is 12.2 Å². The first-order valence-corrected chi connectivity index (χ1v) is 7.69. The molecule has 1 atom stereocenters. The molecule has 0 rings (SSSR count). The summed E-state index contributed by atoms with van der Waals surface area (Å²) in [4.78, 5) is 0. The highest BCUT2D eigenvalue weighted by Gasteiger charge is 1.89. The van der Waals surface area contributed by atoms with Crippen molar-refractivity contribution in [1.82, 2.24) is 0 Å². The average Bonchev–Trinajstić information content (AvgIpc) is 2.21. The summed E-state index contributed by atoms with van der Waals surface area (Å²) in [5.41, 5.74) is 0. The lowest BCUT2D eigenvalue weighted by atomic mass is 10.2. The lowest BCUT2D eigenvalue weighted by Crippen LogP contribution is -1.82. The van der Waals surface area contributed by atoms with Crippen LogP contribution in [0.25, 0.3) is 0 Å². The fourth-order valence-electron chi connectivity index (χ4n) is 1.43. The summed E-state index contributed by atoms with van der Waals surface area (Å²) >= 11 is 0. The Bertz CT molecular complexity index is 118. The Morgan fingerprint density at radius 2 is 1.64 bits per heavy atom. The van der Waals surface area contributed by atoms with Crippen molar-refractivity contribution >= 4 is 8.58 Å². The van der Waals surface area contributed by atoms with E-state index in [0.29, 0.717) is 0 Å². The molecule has 84 valence electrons. The smallest absolute Gasteiger partial charge is 0.0347 e. The van der Waals surface area contributed by atoms with Gasteiger partial charge in [-0.25, -0.2) is 0 Å². The molecule has 0 saturated heterocycles. The summed E-state index contributed by atoms with van der Waals surface area (Å²) < 4.78 is 0. The van der Waals surface area contributed by atoms with Crippen LogP contribution in [-0.4, -0.2) is 12.3 Å². The van der Waals surface area contributed by atoms with Crippen LogP contribution in [0.2, 0.25) is 0 Å². The van der Waals surface area contributed by atoms with E-state index in [9.17, 15) is 0 Å². The minimum absolute atomic E-state index is 1.19. The summed E-state index contributed by atoms with van der Waals surface area (Å²) in [5, 5.41) is 0. The monoisotopic (exact) mass is 214 g/mol. The molecule has 0 bridgehead atoms. The van der Waals surface area contributed by atoms with Gasteiger partial charge in [-0.1, -0.05) is 45.3 Å². The van der Waals surface area contributed by atoms with Crippen molar-refractivity contribution in [3.63, 3.8) is 0 Å². The van der Waals surface area contributed by atoms with Gasteiger partial charge < -0.3 is 0 Å². The Morgan fingerprint density at radius 3 is 2.36 bits per heavy atom. The first-order chi connectivity index (χ1) is 6.91. The molecule has 0 spiro atoms. The maximum Gasteiger partial charge on any atom is -0.0347 e. The second-order valence-electron chi connectivity index (χ2n) is 3.83. The molecule has 0 aliphatic heterocycles. The molecular formula is C13H27P. The predicted molar refractivity (Wildman–Crippen MR) is 70.9 cm³/mol. The van der Waals surface area contributed by atoms with E-state index in [0.717, 1.165) is 0 Å². The largest absolute Gasteiger partial charge is 0.122 e. The number of hydrogen-bond donors (Lipinski definition) is 0. The van der Waals surface area contributed by atoms with E-state index >= 15 is 0 Å². The van der Waals surface area contributed by atoms with Gasteiger partial charge in [-0.2, -0.15) is 0 Å². The fraction of sp³-hybridized carbons (Fsp3) is 0.846. The molecule has 0 amide bonds. The quantitative estimate of drug-likeness (QED) is 0.273. The van der Waals surface area contributed by atoms with E-state index in [1.54, 1.807) is 0 Å². The minimum Gasteiger partial charge on any atom is -0.122 e. The molecule has 1 unspecified atom stereocenters. The second-order valence-corrected chi connectivity index (χ2v) is 5.33. The van der Waals surface area contributed by atoms with Crippen molar-refractivity contribution in [2.24, 2.45) is 0 Å². The van der Waals surface area contributed by atoms with Gasteiger partial charge in [-0.3, -0.25) is 0 Å². The molecular weight excluding hydrogens is 187 g/mol. The molecule has 14 heavy (non-hydrogen) atoms. The lowest BCUT2D eigenvalue weighted by Gasteiger charge is -2.00. The van der Waals surface area contributed by atoms with Crippen molar-refractivity contribution in [1.29, 1.82) is 0 Å². The third kappa shape index (κ3) is 12.2. The van der Waals surface area contributed by atoms with Gasteiger partial charge in [0.05, 0.1) is 0 Å². The normalized spacial score (nSPS) is 12.1. The summed E-state index contributed by atoms with van der Waals surface area (Å²) in [5.74, 6) is 0. The van der Waals surface area contributed by atoms with E-state index in [1.807, 2.05) is 0 Å². The zero-order valence-electron chi connectivity index (χ0n) is 10.0. The van der Waals surface area contributed by atoms with Gasteiger partial charge in [0, 0.05) is 0 Å². The molecule has 0 aromatic rings. The van der Waals surface area contributed by atoms with E-state index in [2.05, 4.69) is 26.0 Å². The molecule has 0 aliphatic carbocycles. The van der Waals surface area contributed by atoms with E-state index < -0.39 is 0 Å². The molecule has 0 aromatic heterocycles. The lowest BCUT2D eigenvalue weighted by molar-refractivity contribution is 0.705. The number of hydrogen-bond acceptors (Lipinski definition) is 0. The van der Waals surface area contributed by atoms with Gasteiger partial charge in [-0.15, -0.1) is 8.58 Å². The highest BCUT2D eigenvalue weighted by atomic mass is 31.1. The zero-order valence-corrected chi connectivity index (χ0v) is 11.0. The van der Waals surface area contributed by atoms with Crippen LogP contribution in [0, 0.1) is 0 Å². The van der Waals surface area contributed by atoms with Crippen molar-refractivity contribution in [2.45, 2.75) is 58.8 Å². The Morgan fingerprint density at radius 1 is 0.857 bits per heavy atom. The first kappa shape index (κ1) is 14.2. The number of allylic oxidation sites excluding steroid dienone is 2. The van der Waals surface area contributed by atoms with Gasteiger partial charge >= 0.3 is 0 Å². The highest BCUT2D eigenvalue weighted by Crippen LogP contribution is 2.16. The summed E-state index contributed by atoms with van der Waals surface area (Å²) in [6.07, 6.45) is 17.2. The molecule has 0 N–H and O–H groups in total. The zero-order chi connectivity index (χ0) is 10.5. The Hall–Kier alpha value is 0.170. The summed E-state index contributed by atoms with van der Waals surface area (Å²) in [6.45, 7) is 4.48. The van der Waals surface area contributed by atoms with Gasteiger partial charge in [0.2, 0.25) is 0 Å². The molecule has 0 fully saturated rings. The molecule has 0 nitrogen and oxygen atoms in total. The summed E-state index contributed by atoms with van der Waals surface area (Å²) in [7, 11) is 1.22. The Kier molecular flexibility index (Phi) is 13.3. The maximum absolute atomic E-state index is 2.33. The van der Waals surface area contributed by atoms with E-state index in [-0.39, 0.29) is 0 Å². The fourth-order valence-corrected chi connectivity index (χ4v) is 2.64.